The Morgan fingerprint density at radius 2 is 2.08 bits per heavy atom. The molecule has 0 saturated carbocycles. The number of hydrogen-bond acceptors (Lipinski definition) is 1. The zero-order valence-corrected chi connectivity index (χ0v) is 7.18. The molecule has 1 aliphatic rings. The van der Waals surface area contributed by atoms with Crippen LogP contribution in [0.25, 0.3) is 5.57 Å². The van der Waals surface area contributed by atoms with Gasteiger partial charge in [0.2, 0.25) is 0 Å². The standard InChI is InChI=1S/C11H10FN/c1-8-9(6-7-13-8)10-4-2-3-5-11(10)12/h2-6,13H,1,7H2. The third-order valence-corrected chi connectivity index (χ3v) is 2.11. The molecule has 0 aliphatic carbocycles. The number of hydrogen-bond donors (Lipinski definition) is 1. The van der Waals surface area contributed by atoms with Crippen molar-refractivity contribution in [1.29, 1.82) is 0 Å². The SMILES string of the molecule is C=C1NCC=C1c1ccccc1F. The summed E-state index contributed by atoms with van der Waals surface area (Å²) in [7, 11) is 0. The van der Waals surface area contributed by atoms with E-state index in [0.29, 0.717) is 5.56 Å². The molecule has 1 aromatic carbocycles. The predicted octanol–water partition coefficient (Wildman–Crippen LogP) is 2.33. The molecule has 1 aromatic rings. The van der Waals surface area contributed by atoms with Gasteiger partial charge in [0.05, 0.1) is 0 Å². The second-order valence-corrected chi connectivity index (χ2v) is 2.96. The maximum absolute atomic E-state index is 13.3. The largest absolute Gasteiger partial charge is 0.382 e. The van der Waals surface area contributed by atoms with Gasteiger partial charge in [-0.1, -0.05) is 30.9 Å². The van der Waals surface area contributed by atoms with E-state index in [4.69, 9.17) is 0 Å². The van der Waals surface area contributed by atoms with Crippen LogP contribution in [0.2, 0.25) is 0 Å². The van der Waals surface area contributed by atoms with Gasteiger partial charge >= 0.3 is 0 Å². The van der Waals surface area contributed by atoms with Crippen molar-refractivity contribution < 1.29 is 4.39 Å². The molecule has 1 aliphatic heterocycles. The topological polar surface area (TPSA) is 12.0 Å². The molecule has 0 bridgehead atoms. The van der Waals surface area contributed by atoms with Crippen molar-refractivity contribution in [1.82, 2.24) is 5.32 Å². The van der Waals surface area contributed by atoms with E-state index < -0.39 is 0 Å². The van der Waals surface area contributed by atoms with Crippen molar-refractivity contribution in [2.24, 2.45) is 0 Å². The average molecular weight is 175 g/mol. The highest BCUT2D eigenvalue weighted by Crippen LogP contribution is 2.25. The molecular weight excluding hydrogens is 165 g/mol. The van der Waals surface area contributed by atoms with E-state index >= 15 is 0 Å². The fourth-order valence-electron chi connectivity index (χ4n) is 1.45. The lowest BCUT2D eigenvalue weighted by Crippen LogP contribution is -2.04. The molecular formula is C11H10FN. The van der Waals surface area contributed by atoms with E-state index in [1.165, 1.54) is 6.07 Å². The van der Waals surface area contributed by atoms with Gasteiger partial charge in [-0.25, -0.2) is 4.39 Å². The minimum absolute atomic E-state index is 0.196. The van der Waals surface area contributed by atoms with Crippen molar-refractivity contribution >= 4 is 5.57 Å². The van der Waals surface area contributed by atoms with Crippen LogP contribution < -0.4 is 5.32 Å². The van der Waals surface area contributed by atoms with E-state index in [1.807, 2.05) is 12.1 Å². The maximum atomic E-state index is 13.3. The first-order valence-electron chi connectivity index (χ1n) is 4.17. The molecule has 0 unspecified atom stereocenters. The summed E-state index contributed by atoms with van der Waals surface area (Å²) in [5.41, 5.74) is 2.29. The smallest absolute Gasteiger partial charge is 0.131 e. The molecule has 2 heteroatoms. The number of halogens is 1. The van der Waals surface area contributed by atoms with Gasteiger partial charge in [0, 0.05) is 23.4 Å². The number of allylic oxidation sites excluding steroid dienone is 1. The minimum atomic E-state index is -0.196. The molecule has 0 spiro atoms. The highest BCUT2D eigenvalue weighted by Gasteiger charge is 2.13. The van der Waals surface area contributed by atoms with Gasteiger partial charge in [0.25, 0.3) is 0 Å². The molecule has 66 valence electrons. The summed E-state index contributed by atoms with van der Waals surface area (Å²) < 4.78 is 13.3. The first-order valence-corrected chi connectivity index (χ1v) is 4.17. The summed E-state index contributed by atoms with van der Waals surface area (Å²) in [6, 6.07) is 6.73. The van der Waals surface area contributed by atoms with Crippen LogP contribution in [0.3, 0.4) is 0 Å². The van der Waals surface area contributed by atoms with E-state index in [0.717, 1.165) is 17.8 Å². The molecule has 13 heavy (non-hydrogen) atoms. The molecule has 1 N–H and O–H groups in total. The summed E-state index contributed by atoms with van der Waals surface area (Å²) in [5.74, 6) is -0.196. The summed E-state index contributed by atoms with van der Waals surface area (Å²) in [6.07, 6.45) is 1.95. The first-order chi connectivity index (χ1) is 6.29. The van der Waals surface area contributed by atoms with E-state index in [9.17, 15) is 4.39 Å². The van der Waals surface area contributed by atoms with Crippen LogP contribution in [-0.2, 0) is 0 Å². The van der Waals surface area contributed by atoms with Crippen LogP contribution in [0.4, 0.5) is 4.39 Å². The fraction of sp³-hybridized carbons (Fsp3) is 0.0909. The molecule has 0 radical (unpaired) electrons. The Morgan fingerprint density at radius 3 is 2.69 bits per heavy atom. The molecule has 1 heterocycles. The minimum Gasteiger partial charge on any atom is -0.382 e. The van der Waals surface area contributed by atoms with Crippen LogP contribution in [0.15, 0.2) is 42.6 Å². The van der Waals surface area contributed by atoms with E-state index in [-0.39, 0.29) is 5.82 Å². The Morgan fingerprint density at radius 1 is 1.31 bits per heavy atom. The first kappa shape index (κ1) is 8.05. The van der Waals surface area contributed by atoms with Gasteiger partial charge < -0.3 is 5.32 Å². The lowest BCUT2D eigenvalue weighted by molar-refractivity contribution is 0.624. The molecule has 2 rings (SSSR count). The van der Waals surface area contributed by atoms with Gasteiger partial charge in [-0.15, -0.1) is 0 Å². The molecule has 0 amide bonds. The summed E-state index contributed by atoms with van der Waals surface area (Å²) in [5, 5.41) is 3.04. The number of nitrogens with one attached hydrogen (secondary N) is 1. The Kier molecular flexibility index (Phi) is 1.89. The van der Waals surface area contributed by atoms with Gasteiger partial charge in [0.15, 0.2) is 0 Å². The Hall–Kier alpha value is -1.57. The molecule has 0 atom stereocenters. The molecule has 0 aromatic heterocycles. The van der Waals surface area contributed by atoms with Crippen molar-refractivity contribution in [2.45, 2.75) is 0 Å². The summed E-state index contributed by atoms with van der Waals surface area (Å²) in [4.78, 5) is 0. The normalized spacial score (nSPS) is 15.5. The maximum Gasteiger partial charge on any atom is 0.131 e. The third kappa shape index (κ3) is 1.35. The Labute approximate surface area is 76.6 Å². The molecule has 0 fully saturated rings. The quantitative estimate of drug-likeness (QED) is 0.690. The predicted molar refractivity (Wildman–Crippen MR) is 51.5 cm³/mol. The van der Waals surface area contributed by atoms with Crippen LogP contribution in [0.5, 0.6) is 0 Å². The van der Waals surface area contributed by atoms with Gasteiger partial charge in [0.1, 0.15) is 5.82 Å². The zero-order chi connectivity index (χ0) is 9.26. The number of benzene rings is 1. The van der Waals surface area contributed by atoms with Gasteiger partial charge in [-0.2, -0.15) is 0 Å². The second-order valence-electron chi connectivity index (χ2n) is 2.96. The highest BCUT2D eigenvalue weighted by molar-refractivity contribution is 5.80. The van der Waals surface area contributed by atoms with Crippen LogP contribution in [0, 0.1) is 5.82 Å². The Bertz CT molecular complexity index is 379. The lowest BCUT2D eigenvalue weighted by atomic mass is 10.0. The lowest BCUT2D eigenvalue weighted by Gasteiger charge is -2.05. The Balaban J connectivity index is 2.46. The van der Waals surface area contributed by atoms with Crippen molar-refractivity contribution in [3.8, 4) is 0 Å². The van der Waals surface area contributed by atoms with Gasteiger partial charge in [-0.3, -0.25) is 0 Å². The summed E-state index contributed by atoms with van der Waals surface area (Å²) in [6.45, 7) is 4.55. The zero-order valence-electron chi connectivity index (χ0n) is 7.18. The summed E-state index contributed by atoms with van der Waals surface area (Å²) >= 11 is 0. The highest BCUT2D eigenvalue weighted by atomic mass is 19.1. The average Bonchev–Trinajstić information content (AvgIpc) is 2.52. The van der Waals surface area contributed by atoms with Crippen molar-refractivity contribution in [3.63, 3.8) is 0 Å². The third-order valence-electron chi connectivity index (χ3n) is 2.11. The molecule has 1 nitrogen and oxygen atoms in total. The second kappa shape index (κ2) is 3.05. The van der Waals surface area contributed by atoms with E-state index in [2.05, 4.69) is 11.9 Å². The van der Waals surface area contributed by atoms with Crippen molar-refractivity contribution in [3.05, 3.63) is 54.0 Å². The van der Waals surface area contributed by atoms with Crippen LogP contribution in [0.1, 0.15) is 5.56 Å². The fourth-order valence-corrected chi connectivity index (χ4v) is 1.45. The monoisotopic (exact) mass is 175 g/mol. The van der Waals surface area contributed by atoms with Gasteiger partial charge in [-0.05, 0) is 6.07 Å². The van der Waals surface area contributed by atoms with Crippen molar-refractivity contribution in [2.75, 3.05) is 6.54 Å². The van der Waals surface area contributed by atoms with Crippen LogP contribution in [-0.4, -0.2) is 6.54 Å². The number of rotatable bonds is 1. The van der Waals surface area contributed by atoms with Crippen LogP contribution >= 0.6 is 0 Å². The van der Waals surface area contributed by atoms with E-state index in [1.54, 1.807) is 12.1 Å². The molecule has 0 saturated heterocycles.